The van der Waals surface area contributed by atoms with E-state index in [1.54, 1.807) is 18.2 Å². The average Bonchev–Trinajstić information content (AvgIpc) is 2.54. The molecular formula is C18H17NO5. The fraction of sp³-hybridized carbons (Fsp3) is 0.167. The van der Waals surface area contributed by atoms with Crippen LogP contribution in [0.1, 0.15) is 23.6 Å². The molecule has 0 aliphatic carbocycles. The SMILES string of the molecule is CCOc1ccc(/C(=C/c2ccc([N+](=O)[O-])cc2)C(=O)O)c(C)c1. The van der Waals surface area contributed by atoms with E-state index in [1.165, 1.54) is 30.3 Å². The molecule has 2 aromatic carbocycles. The monoisotopic (exact) mass is 327 g/mol. The lowest BCUT2D eigenvalue weighted by atomic mass is 9.98. The molecule has 2 aromatic rings. The van der Waals surface area contributed by atoms with Gasteiger partial charge in [-0.05, 0) is 60.9 Å². The van der Waals surface area contributed by atoms with Crippen LogP contribution in [0.25, 0.3) is 11.6 Å². The summed E-state index contributed by atoms with van der Waals surface area (Å²) >= 11 is 0. The fourth-order valence-electron chi connectivity index (χ4n) is 2.31. The Kier molecular flexibility index (Phi) is 5.31. The van der Waals surface area contributed by atoms with Crippen LogP contribution in [-0.4, -0.2) is 22.6 Å². The molecule has 0 fully saturated rings. The maximum Gasteiger partial charge on any atom is 0.336 e. The Bertz CT molecular complexity index is 794. The van der Waals surface area contributed by atoms with Crippen molar-refractivity contribution >= 4 is 23.3 Å². The molecule has 0 heterocycles. The van der Waals surface area contributed by atoms with Crippen molar-refractivity contribution in [3.05, 3.63) is 69.3 Å². The highest BCUT2D eigenvalue weighted by atomic mass is 16.6. The van der Waals surface area contributed by atoms with Gasteiger partial charge in [0, 0.05) is 12.1 Å². The quantitative estimate of drug-likeness (QED) is 0.376. The van der Waals surface area contributed by atoms with Gasteiger partial charge in [0.25, 0.3) is 5.69 Å². The summed E-state index contributed by atoms with van der Waals surface area (Å²) in [5.74, 6) is -0.389. The molecule has 6 heteroatoms. The van der Waals surface area contributed by atoms with Crippen LogP contribution in [0, 0.1) is 17.0 Å². The van der Waals surface area contributed by atoms with E-state index < -0.39 is 10.9 Å². The smallest absolute Gasteiger partial charge is 0.336 e. The van der Waals surface area contributed by atoms with Gasteiger partial charge in [0.15, 0.2) is 0 Å². The number of hydrogen-bond acceptors (Lipinski definition) is 4. The number of carboxylic acids is 1. The third-order valence-electron chi connectivity index (χ3n) is 3.44. The molecular weight excluding hydrogens is 310 g/mol. The molecule has 124 valence electrons. The van der Waals surface area contributed by atoms with E-state index in [1.807, 2.05) is 13.8 Å². The number of hydrogen-bond donors (Lipinski definition) is 1. The molecule has 0 atom stereocenters. The summed E-state index contributed by atoms with van der Waals surface area (Å²) in [6, 6.07) is 10.9. The maximum absolute atomic E-state index is 11.6. The van der Waals surface area contributed by atoms with Crippen LogP contribution in [0.2, 0.25) is 0 Å². The fourth-order valence-corrected chi connectivity index (χ4v) is 2.31. The minimum atomic E-state index is -1.07. The van der Waals surface area contributed by atoms with Crippen molar-refractivity contribution in [1.29, 1.82) is 0 Å². The maximum atomic E-state index is 11.6. The van der Waals surface area contributed by atoms with Gasteiger partial charge < -0.3 is 9.84 Å². The van der Waals surface area contributed by atoms with Crippen molar-refractivity contribution in [2.24, 2.45) is 0 Å². The Morgan fingerprint density at radius 1 is 1.25 bits per heavy atom. The summed E-state index contributed by atoms with van der Waals surface area (Å²) < 4.78 is 5.41. The van der Waals surface area contributed by atoms with E-state index in [-0.39, 0.29) is 11.3 Å². The van der Waals surface area contributed by atoms with Gasteiger partial charge in [-0.25, -0.2) is 4.79 Å². The first-order valence-electron chi connectivity index (χ1n) is 7.35. The molecule has 0 radical (unpaired) electrons. The Morgan fingerprint density at radius 3 is 2.42 bits per heavy atom. The highest BCUT2D eigenvalue weighted by Gasteiger charge is 2.14. The molecule has 0 unspecified atom stereocenters. The van der Waals surface area contributed by atoms with E-state index in [2.05, 4.69) is 0 Å². The second-order valence-electron chi connectivity index (χ2n) is 5.12. The van der Waals surface area contributed by atoms with Crippen molar-refractivity contribution in [3.8, 4) is 5.75 Å². The Hall–Kier alpha value is -3.15. The molecule has 0 bridgehead atoms. The predicted molar refractivity (Wildman–Crippen MR) is 91.0 cm³/mol. The largest absolute Gasteiger partial charge is 0.494 e. The Labute approximate surface area is 139 Å². The number of nitrogens with zero attached hydrogens (tertiary/aromatic N) is 1. The number of carbonyl (C=O) groups is 1. The number of nitro benzene ring substituents is 1. The zero-order chi connectivity index (χ0) is 17.7. The molecule has 0 aromatic heterocycles. The van der Waals surface area contributed by atoms with Crippen LogP contribution in [0.5, 0.6) is 5.75 Å². The lowest BCUT2D eigenvalue weighted by Gasteiger charge is -2.10. The van der Waals surface area contributed by atoms with Crippen molar-refractivity contribution in [2.75, 3.05) is 6.61 Å². The number of aryl methyl sites for hydroxylation is 1. The lowest BCUT2D eigenvalue weighted by molar-refractivity contribution is -0.384. The minimum Gasteiger partial charge on any atom is -0.494 e. The molecule has 6 nitrogen and oxygen atoms in total. The Balaban J connectivity index is 2.42. The highest BCUT2D eigenvalue weighted by molar-refractivity contribution is 6.21. The summed E-state index contributed by atoms with van der Waals surface area (Å²) in [6.07, 6.45) is 1.49. The molecule has 0 saturated heterocycles. The lowest BCUT2D eigenvalue weighted by Crippen LogP contribution is -2.02. The standard InChI is InChI=1S/C18H17NO5/c1-3-24-15-8-9-16(12(2)10-15)17(18(20)21)11-13-4-6-14(7-5-13)19(22)23/h4-11H,3H2,1-2H3,(H,20,21)/b17-11-. The number of ether oxygens (including phenoxy) is 1. The molecule has 0 saturated carbocycles. The van der Waals surface area contributed by atoms with E-state index >= 15 is 0 Å². The first kappa shape index (κ1) is 17.2. The second-order valence-corrected chi connectivity index (χ2v) is 5.12. The molecule has 0 amide bonds. The molecule has 0 aliphatic rings. The van der Waals surface area contributed by atoms with Gasteiger partial charge in [-0.15, -0.1) is 0 Å². The van der Waals surface area contributed by atoms with Gasteiger partial charge in [0.2, 0.25) is 0 Å². The average molecular weight is 327 g/mol. The zero-order valence-electron chi connectivity index (χ0n) is 13.4. The van der Waals surface area contributed by atoms with Gasteiger partial charge in [-0.3, -0.25) is 10.1 Å². The van der Waals surface area contributed by atoms with Crippen LogP contribution in [0.15, 0.2) is 42.5 Å². The van der Waals surface area contributed by atoms with Crippen LogP contribution in [0.4, 0.5) is 5.69 Å². The van der Waals surface area contributed by atoms with Crippen molar-refractivity contribution in [3.63, 3.8) is 0 Å². The summed E-state index contributed by atoms with van der Waals surface area (Å²) in [4.78, 5) is 21.8. The van der Waals surface area contributed by atoms with Crippen LogP contribution in [0.3, 0.4) is 0 Å². The number of benzene rings is 2. The van der Waals surface area contributed by atoms with Crippen LogP contribution in [-0.2, 0) is 4.79 Å². The Morgan fingerprint density at radius 2 is 1.92 bits per heavy atom. The van der Waals surface area contributed by atoms with E-state index in [9.17, 15) is 20.0 Å². The summed E-state index contributed by atoms with van der Waals surface area (Å²) in [5, 5.41) is 20.2. The summed E-state index contributed by atoms with van der Waals surface area (Å²) in [7, 11) is 0. The van der Waals surface area contributed by atoms with Gasteiger partial charge in [0.05, 0.1) is 17.1 Å². The molecule has 0 spiro atoms. The van der Waals surface area contributed by atoms with E-state index in [0.717, 1.165) is 5.56 Å². The molecule has 0 aliphatic heterocycles. The first-order chi connectivity index (χ1) is 11.4. The van der Waals surface area contributed by atoms with E-state index in [4.69, 9.17) is 4.74 Å². The van der Waals surface area contributed by atoms with Crippen molar-refractivity contribution in [2.45, 2.75) is 13.8 Å². The normalized spacial score (nSPS) is 11.2. The molecule has 1 N–H and O–H groups in total. The molecule has 2 rings (SSSR count). The predicted octanol–water partition coefficient (Wildman–Crippen LogP) is 3.93. The van der Waals surface area contributed by atoms with Gasteiger partial charge in [0.1, 0.15) is 5.75 Å². The number of carboxylic acid groups (broad SMARTS) is 1. The number of rotatable bonds is 6. The van der Waals surface area contributed by atoms with Crippen molar-refractivity contribution < 1.29 is 19.6 Å². The third kappa shape index (κ3) is 3.98. The van der Waals surface area contributed by atoms with Gasteiger partial charge in [-0.1, -0.05) is 6.07 Å². The number of nitro groups is 1. The number of non-ortho nitro benzene ring substituents is 1. The summed E-state index contributed by atoms with van der Waals surface area (Å²) in [5.41, 5.74) is 2.00. The zero-order valence-corrected chi connectivity index (χ0v) is 13.4. The van der Waals surface area contributed by atoms with E-state index in [0.29, 0.717) is 23.5 Å². The van der Waals surface area contributed by atoms with Gasteiger partial charge >= 0.3 is 5.97 Å². The minimum absolute atomic E-state index is 0.0405. The van der Waals surface area contributed by atoms with Crippen LogP contribution >= 0.6 is 0 Å². The topological polar surface area (TPSA) is 89.7 Å². The first-order valence-corrected chi connectivity index (χ1v) is 7.35. The molecule has 24 heavy (non-hydrogen) atoms. The third-order valence-corrected chi connectivity index (χ3v) is 3.44. The summed E-state index contributed by atoms with van der Waals surface area (Å²) in [6.45, 7) is 4.22. The second kappa shape index (κ2) is 7.41. The highest BCUT2D eigenvalue weighted by Crippen LogP contribution is 2.26. The van der Waals surface area contributed by atoms with Crippen molar-refractivity contribution in [1.82, 2.24) is 0 Å². The van der Waals surface area contributed by atoms with Gasteiger partial charge in [-0.2, -0.15) is 0 Å². The number of aliphatic carboxylic acids is 1. The van der Waals surface area contributed by atoms with Crippen LogP contribution < -0.4 is 4.74 Å².